The molecule has 0 spiro atoms. The third-order valence-corrected chi connectivity index (χ3v) is 4.98. The van der Waals surface area contributed by atoms with Gasteiger partial charge in [0.25, 0.3) is 0 Å². The molecule has 4 nitrogen and oxygen atoms in total. The SMILES string of the molecule is CSCC[C@@H](CO)NC(=O)C1(c2ccccc2)CCOCC1. The molecular weight excluding hydrogens is 298 g/mol. The van der Waals surface area contributed by atoms with Gasteiger partial charge in [-0.1, -0.05) is 30.3 Å². The number of hydrogen-bond donors (Lipinski definition) is 2. The van der Waals surface area contributed by atoms with Crippen molar-refractivity contribution in [3.05, 3.63) is 35.9 Å². The minimum absolute atomic E-state index is 0.0159. The molecule has 1 aliphatic rings. The van der Waals surface area contributed by atoms with E-state index in [1.807, 2.05) is 36.6 Å². The van der Waals surface area contributed by atoms with E-state index in [1.165, 1.54) is 0 Å². The van der Waals surface area contributed by atoms with Gasteiger partial charge in [-0.05, 0) is 36.8 Å². The highest BCUT2D eigenvalue weighted by Gasteiger charge is 2.42. The van der Waals surface area contributed by atoms with E-state index in [4.69, 9.17) is 4.74 Å². The second-order valence-corrected chi connectivity index (χ2v) is 6.68. The number of aliphatic hydroxyl groups excluding tert-OH is 1. The standard InChI is InChI=1S/C17H25NO3S/c1-22-12-7-15(13-19)18-16(20)17(8-10-21-11-9-17)14-5-3-2-4-6-14/h2-6,15,19H,7-13H2,1H3,(H,18,20)/t15-/m0/s1. The molecule has 5 heteroatoms. The molecule has 0 aromatic heterocycles. The number of rotatable bonds is 7. The van der Waals surface area contributed by atoms with Crippen LogP contribution in [0, 0.1) is 0 Å². The summed E-state index contributed by atoms with van der Waals surface area (Å²) in [6, 6.07) is 9.75. The molecule has 2 rings (SSSR count). The molecule has 1 aromatic carbocycles. The molecule has 0 saturated carbocycles. The van der Waals surface area contributed by atoms with Gasteiger partial charge >= 0.3 is 0 Å². The molecule has 2 N–H and O–H groups in total. The van der Waals surface area contributed by atoms with Gasteiger partial charge in [0.15, 0.2) is 0 Å². The van der Waals surface area contributed by atoms with Crippen LogP contribution in [0.2, 0.25) is 0 Å². The first-order valence-corrected chi connectivity index (χ1v) is 9.16. The molecule has 0 unspecified atom stereocenters. The molecule has 0 radical (unpaired) electrons. The quantitative estimate of drug-likeness (QED) is 0.805. The predicted molar refractivity (Wildman–Crippen MR) is 90.2 cm³/mol. The summed E-state index contributed by atoms with van der Waals surface area (Å²) in [5.74, 6) is 0.939. The Morgan fingerprint density at radius 2 is 2.05 bits per heavy atom. The fourth-order valence-corrected chi connectivity index (χ4v) is 3.44. The summed E-state index contributed by atoms with van der Waals surface area (Å²) < 4.78 is 5.46. The Kier molecular flexibility index (Phi) is 6.73. The van der Waals surface area contributed by atoms with Crippen LogP contribution in [0.4, 0.5) is 0 Å². The van der Waals surface area contributed by atoms with Crippen molar-refractivity contribution < 1.29 is 14.6 Å². The maximum Gasteiger partial charge on any atom is 0.231 e. The highest BCUT2D eigenvalue weighted by atomic mass is 32.2. The van der Waals surface area contributed by atoms with Crippen LogP contribution in [0.15, 0.2) is 30.3 Å². The maximum absolute atomic E-state index is 13.0. The Bertz CT molecular complexity index is 460. The highest BCUT2D eigenvalue weighted by Crippen LogP contribution is 2.35. The number of nitrogens with one attached hydrogen (secondary N) is 1. The monoisotopic (exact) mass is 323 g/mol. The summed E-state index contributed by atoms with van der Waals surface area (Å²) in [5, 5.41) is 12.6. The molecule has 1 aromatic rings. The van der Waals surface area contributed by atoms with Crippen molar-refractivity contribution in [3.63, 3.8) is 0 Å². The van der Waals surface area contributed by atoms with Crippen molar-refractivity contribution >= 4 is 17.7 Å². The van der Waals surface area contributed by atoms with Gasteiger partial charge in [-0.2, -0.15) is 11.8 Å². The lowest BCUT2D eigenvalue weighted by atomic mass is 9.73. The van der Waals surface area contributed by atoms with Crippen LogP contribution in [0.3, 0.4) is 0 Å². The van der Waals surface area contributed by atoms with Crippen LogP contribution in [-0.2, 0) is 14.9 Å². The number of benzene rings is 1. The first-order chi connectivity index (χ1) is 10.7. The zero-order chi connectivity index (χ0) is 15.8. The van der Waals surface area contributed by atoms with Crippen LogP contribution >= 0.6 is 11.8 Å². The van der Waals surface area contributed by atoms with Crippen molar-refractivity contribution in [1.29, 1.82) is 0 Å². The van der Waals surface area contributed by atoms with Gasteiger partial charge in [0.2, 0.25) is 5.91 Å². The molecule has 1 fully saturated rings. The molecule has 0 bridgehead atoms. The zero-order valence-electron chi connectivity index (χ0n) is 13.1. The third-order valence-electron chi connectivity index (χ3n) is 4.33. The maximum atomic E-state index is 13.0. The smallest absolute Gasteiger partial charge is 0.231 e. The van der Waals surface area contributed by atoms with Gasteiger partial charge in [0.1, 0.15) is 0 Å². The summed E-state index contributed by atoms with van der Waals surface area (Å²) in [6.07, 6.45) is 4.18. The van der Waals surface area contributed by atoms with Gasteiger partial charge < -0.3 is 15.2 Å². The number of ether oxygens (including phenoxy) is 1. The van der Waals surface area contributed by atoms with Gasteiger partial charge in [0, 0.05) is 13.2 Å². The molecule has 1 aliphatic heterocycles. The van der Waals surface area contributed by atoms with E-state index in [9.17, 15) is 9.90 Å². The lowest BCUT2D eigenvalue weighted by Gasteiger charge is -2.37. The van der Waals surface area contributed by atoms with Crippen molar-refractivity contribution in [1.82, 2.24) is 5.32 Å². The first kappa shape index (κ1) is 17.3. The highest BCUT2D eigenvalue weighted by molar-refractivity contribution is 7.98. The van der Waals surface area contributed by atoms with E-state index < -0.39 is 5.41 Å². The number of aliphatic hydroxyl groups is 1. The molecule has 1 atom stereocenters. The molecule has 122 valence electrons. The molecular formula is C17H25NO3S. The summed E-state index contributed by atoms with van der Waals surface area (Å²) >= 11 is 1.72. The van der Waals surface area contributed by atoms with Crippen molar-refractivity contribution in [2.24, 2.45) is 0 Å². The number of hydrogen-bond acceptors (Lipinski definition) is 4. The van der Waals surface area contributed by atoms with E-state index in [2.05, 4.69) is 5.32 Å². The van der Waals surface area contributed by atoms with Gasteiger partial charge in [-0.25, -0.2) is 0 Å². The third kappa shape index (κ3) is 4.03. The summed E-state index contributed by atoms with van der Waals surface area (Å²) in [6.45, 7) is 1.17. The lowest BCUT2D eigenvalue weighted by Crippen LogP contribution is -2.51. The topological polar surface area (TPSA) is 58.6 Å². The first-order valence-electron chi connectivity index (χ1n) is 7.77. The lowest BCUT2D eigenvalue weighted by molar-refractivity contribution is -0.131. The summed E-state index contributed by atoms with van der Waals surface area (Å²) in [7, 11) is 0. The molecule has 22 heavy (non-hydrogen) atoms. The Labute approximate surface area is 136 Å². The molecule has 1 heterocycles. The van der Waals surface area contributed by atoms with Gasteiger partial charge in [-0.3, -0.25) is 4.79 Å². The van der Waals surface area contributed by atoms with E-state index in [1.54, 1.807) is 11.8 Å². The van der Waals surface area contributed by atoms with Crippen LogP contribution in [0.1, 0.15) is 24.8 Å². The molecule has 0 aliphatic carbocycles. The van der Waals surface area contributed by atoms with E-state index in [0.717, 1.165) is 17.7 Å². The van der Waals surface area contributed by atoms with Crippen LogP contribution in [0.25, 0.3) is 0 Å². The fraction of sp³-hybridized carbons (Fsp3) is 0.588. The second kappa shape index (κ2) is 8.56. The number of thioether (sulfide) groups is 1. The fourth-order valence-electron chi connectivity index (χ4n) is 2.92. The van der Waals surface area contributed by atoms with E-state index in [-0.39, 0.29) is 18.6 Å². The second-order valence-electron chi connectivity index (χ2n) is 5.69. The zero-order valence-corrected chi connectivity index (χ0v) is 13.9. The Balaban J connectivity index is 2.16. The normalized spacial score (nSPS) is 18.6. The van der Waals surface area contributed by atoms with Crippen molar-refractivity contribution in [2.45, 2.75) is 30.7 Å². The van der Waals surface area contributed by atoms with Gasteiger partial charge in [0.05, 0.1) is 18.1 Å². The average Bonchev–Trinajstić information content (AvgIpc) is 2.59. The number of carbonyl (C=O) groups excluding carboxylic acids is 1. The van der Waals surface area contributed by atoms with E-state index >= 15 is 0 Å². The Morgan fingerprint density at radius 1 is 1.36 bits per heavy atom. The largest absolute Gasteiger partial charge is 0.394 e. The van der Waals surface area contributed by atoms with E-state index in [0.29, 0.717) is 26.1 Å². The number of carbonyl (C=O) groups is 1. The van der Waals surface area contributed by atoms with Crippen molar-refractivity contribution in [2.75, 3.05) is 31.8 Å². The van der Waals surface area contributed by atoms with Crippen LogP contribution in [0.5, 0.6) is 0 Å². The minimum atomic E-state index is -0.535. The average molecular weight is 323 g/mol. The predicted octanol–water partition coefficient (Wildman–Crippen LogP) is 1.96. The Morgan fingerprint density at radius 3 is 2.64 bits per heavy atom. The van der Waals surface area contributed by atoms with Crippen LogP contribution in [-0.4, -0.2) is 48.9 Å². The Hall–Kier alpha value is -1.04. The molecule has 1 saturated heterocycles. The molecule has 1 amide bonds. The van der Waals surface area contributed by atoms with Crippen molar-refractivity contribution in [3.8, 4) is 0 Å². The summed E-state index contributed by atoms with van der Waals surface area (Å²) in [5.41, 5.74) is 0.504. The van der Waals surface area contributed by atoms with Crippen LogP contribution < -0.4 is 5.32 Å². The number of amides is 1. The van der Waals surface area contributed by atoms with Gasteiger partial charge in [-0.15, -0.1) is 0 Å². The minimum Gasteiger partial charge on any atom is -0.394 e. The summed E-state index contributed by atoms with van der Waals surface area (Å²) in [4.78, 5) is 13.0.